The summed E-state index contributed by atoms with van der Waals surface area (Å²) >= 11 is 0. The Labute approximate surface area is 144 Å². The monoisotopic (exact) mass is 365 g/mol. The Bertz CT molecular complexity index is 887. The molecule has 2 aromatic rings. The molecule has 0 aliphatic carbocycles. The van der Waals surface area contributed by atoms with Crippen LogP contribution in [0.25, 0.3) is 0 Å². The minimum Gasteiger partial charge on any atom is -0.488 e. The van der Waals surface area contributed by atoms with Crippen molar-refractivity contribution in [2.24, 2.45) is 0 Å². The van der Waals surface area contributed by atoms with Crippen LogP contribution in [0.5, 0.6) is 5.75 Å². The third-order valence-corrected chi connectivity index (χ3v) is 4.71. The van der Waals surface area contributed by atoms with E-state index in [-0.39, 0.29) is 12.0 Å². The zero-order chi connectivity index (χ0) is 18.0. The lowest BCUT2D eigenvalue weighted by molar-refractivity contribution is 0.0772. The number of carbonyl (C=O) groups is 1. The number of rotatable bonds is 4. The Balaban J connectivity index is 1.64. The molecule has 0 saturated carbocycles. The van der Waals surface area contributed by atoms with Gasteiger partial charge in [-0.05, 0) is 30.3 Å². The lowest BCUT2D eigenvalue weighted by Gasteiger charge is -2.17. The molecule has 3 rings (SSSR count). The molecule has 1 aliphatic heterocycles. The maximum Gasteiger partial charge on any atom is 0.332 e. The van der Waals surface area contributed by atoms with Gasteiger partial charge in [-0.2, -0.15) is 8.42 Å². The number of anilines is 1. The Morgan fingerprint density at radius 2 is 2.00 bits per heavy atom. The molecule has 1 unspecified atom stereocenters. The number of benzene rings is 1. The Morgan fingerprint density at radius 1 is 1.28 bits per heavy atom. The topological polar surface area (TPSA) is 103 Å². The van der Waals surface area contributed by atoms with Gasteiger partial charge in [0.05, 0.1) is 11.4 Å². The average Bonchev–Trinajstić information content (AvgIpc) is 3.02. The SMILES string of the molecule is Nc1cc(OC2CCN(C(=O)c3ccc(S(=O)(=O)F)cc3)C2)ccn1. The van der Waals surface area contributed by atoms with Gasteiger partial charge in [-0.15, -0.1) is 3.89 Å². The average molecular weight is 365 g/mol. The van der Waals surface area contributed by atoms with Gasteiger partial charge in [-0.3, -0.25) is 4.79 Å². The Hall–Kier alpha value is -2.68. The summed E-state index contributed by atoms with van der Waals surface area (Å²) in [7, 11) is -4.77. The highest BCUT2D eigenvalue weighted by atomic mass is 32.3. The molecule has 132 valence electrons. The fourth-order valence-corrected chi connectivity index (χ4v) is 3.11. The molecule has 0 spiro atoms. The van der Waals surface area contributed by atoms with Crippen LogP contribution in [-0.2, 0) is 10.2 Å². The lowest BCUT2D eigenvalue weighted by Crippen LogP contribution is -2.30. The van der Waals surface area contributed by atoms with Crippen LogP contribution in [0.2, 0.25) is 0 Å². The Kier molecular flexibility index (Phi) is 4.58. The van der Waals surface area contributed by atoms with Crippen LogP contribution >= 0.6 is 0 Å². The van der Waals surface area contributed by atoms with Crippen molar-refractivity contribution in [3.05, 3.63) is 48.2 Å². The number of carbonyl (C=O) groups excluding carboxylic acids is 1. The number of ether oxygens (including phenoxy) is 1. The van der Waals surface area contributed by atoms with E-state index < -0.39 is 15.1 Å². The highest BCUT2D eigenvalue weighted by Gasteiger charge is 2.28. The van der Waals surface area contributed by atoms with Crippen LogP contribution < -0.4 is 10.5 Å². The van der Waals surface area contributed by atoms with Crippen molar-refractivity contribution in [2.45, 2.75) is 17.4 Å². The summed E-state index contributed by atoms with van der Waals surface area (Å²) in [5.74, 6) is 0.679. The summed E-state index contributed by atoms with van der Waals surface area (Å²) in [5, 5.41) is 0. The Morgan fingerprint density at radius 3 is 2.64 bits per heavy atom. The van der Waals surface area contributed by atoms with Crippen molar-refractivity contribution in [3.8, 4) is 5.75 Å². The van der Waals surface area contributed by atoms with Crippen molar-refractivity contribution >= 4 is 21.9 Å². The summed E-state index contributed by atoms with van der Waals surface area (Å²) in [5.41, 5.74) is 5.89. The van der Waals surface area contributed by atoms with E-state index in [1.165, 1.54) is 12.1 Å². The van der Waals surface area contributed by atoms with Gasteiger partial charge in [-0.25, -0.2) is 4.98 Å². The standard InChI is InChI=1S/C16H16FN3O4S/c17-25(22,23)14-3-1-11(2-4-14)16(21)20-8-6-13(10-20)24-12-5-7-19-15(18)9-12/h1-5,7,9,13H,6,8,10H2,(H2,18,19). The molecule has 7 nitrogen and oxygen atoms in total. The summed E-state index contributed by atoms with van der Waals surface area (Å²) < 4.78 is 40.3. The minimum atomic E-state index is -4.77. The van der Waals surface area contributed by atoms with E-state index in [9.17, 15) is 17.1 Å². The van der Waals surface area contributed by atoms with Crippen molar-refractivity contribution in [3.63, 3.8) is 0 Å². The number of nitrogen functional groups attached to an aromatic ring is 1. The number of aromatic nitrogens is 1. The normalized spacial score (nSPS) is 17.5. The van der Waals surface area contributed by atoms with Crippen LogP contribution in [0.1, 0.15) is 16.8 Å². The van der Waals surface area contributed by atoms with Crippen LogP contribution in [0.3, 0.4) is 0 Å². The molecular formula is C16H16FN3O4S. The molecule has 1 fully saturated rings. The second-order valence-electron chi connectivity index (χ2n) is 5.66. The molecule has 1 aliphatic rings. The number of amides is 1. The van der Waals surface area contributed by atoms with Gasteiger partial charge < -0.3 is 15.4 Å². The van der Waals surface area contributed by atoms with Crippen LogP contribution in [0, 0.1) is 0 Å². The molecule has 1 aromatic carbocycles. The summed E-state index contributed by atoms with van der Waals surface area (Å²) in [6.07, 6.45) is 2.03. The van der Waals surface area contributed by atoms with E-state index in [1.54, 1.807) is 23.2 Å². The number of pyridine rings is 1. The van der Waals surface area contributed by atoms with E-state index in [0.29, 0.717) is 36.6 Å². The highest BCUT2D eigenvalue weighted by Crippen LogP contribution is 2.21. The molecule has 1 amide bonds. The fourth-order valence-electron chi connectivity index (χ4n) is 2.65. The molecule has 2 heterocycles. The van der Waals surface area contributed by atoms with E-state index in [4.69, 9.17) is 10.5 Å². The number of hydrogen-bond donors (Lipinski definition) is 1. The van der Waals surface area contributed by atoms with Crippen LogP contribution in [0.4, 0.5) is 9.70 Å². The zero-order valence-electron chi connectivity index (χ0n) is 13.1. The van der Waals surface area contributed by atoms with E-state index >= 15 is 0 Å². The van der Waals surface area contributed by atoms with Gasteiger partial charge in [0.1, 0.15) is 17.7 Å². The van der Waals surface area contributed by atoms with Crippen LogP contribution in [0.15, 0.2) is 47.5 Å². The summed E-state index contributed by atoms with van der Waals surface area (Å²) in [6.45, 7) is 0.900. The molecule has 1 aromatic heterocycles. The maximum atomic E-state index is 12.9. The summed E-state index contributed by atoms with van der Waals surface area (Å²) in [4.78, 5) is 17.5. The number of hydrogen-bond acceptors (Lipinski definition) is 6. The quantitative estimate of drug-likeness (QED) is 0.826. The maximum absolute atomic E-state index is 12.9. The predicted octanol–water partition coefficient (Wildman–Crippen LogP) is 1.62. The largest absolute Gasteiger partial charge is 0.488 e. The molecule has 2 N–H and O–H groups in total. The fraction of sp³-hybridized carbons (Fsp3) is 0.250. The van der Waals surface area contributed by atoms with Crippen molar-refractivity contribution in [2.75, 3.05) is 18.8 Å². The zero-order valence-corrected chi connectivity index (χ0v) is 13.9. The molecule has 1 atom stereocenters. The van der Waals surface area contributed by atoms with Gasteiger partial charge in [0.15, 0.2) is 0 Å². The van der Waals surface area contributed by atoms with E-state index in [0.717, 1.165) is 12.1 Å². The third kappa shape index (κ3) is 4.05. The first kappa shape index (κ1) is 17.2. The smallest absolute Gasteiger partial charge is 0.332 e. The van der Waals surface area contributed by atoms with Crippen LogP contribution in [-0.4, -0.2) is 43.4 Å². The molecule has 0 bridgehead atoms. The number of likely N-dealkylation sites (tertiary alicyclic amines) is 1. The molecule has 0 radical (unpaired) electrons. The van der Waals surface area contributed by atoms with Gasteiger partial charge in [0, 0.05) is 30.8 Å². The first-order valence-electron chi connectivity index (χ1n) is 7.55. The molecule has 25 heavy (non-hydrogen) atoms. The second-order valence-corrected chi connectivity index (χ2v) is 7.01. The highest BCUT2D eigenvalue weighted by molar-refractivity contribution is 7.86. The molecular weight excluding hydrogens is 349 g/mol. The van der Waals surface area contributed by atoms with Gasteiger partial charge >= 0.3 is 10.2 Å². The summed E-state index contributed by atoms with van der Waals surface area (Å²) in [6, 6.07) is 8.05. The predicted molar refractivity (Wildman–Crippen MR) is 88.3 cm³/mol. The van der Waals surface area contributed by atoms with Crippen molar-refractivity contribution < 1.29 is 21.8 Å². The van der Waals surface area contributed by atoms with Gasteiger partial charge in [-0.1, -0.05) is 0 Å². The number of halogens is 1. The first-order chi connectivity index (χ1) is 11.8. The van der Waals surface area contributed by atoms with Gasteiger partial charge in [0.25, 0.3) is 5.91 Å². The van der Waals surface area contributed by atoms with Crippen molar-refractivity contribution in [1.82, 2.24) is 9.88 Å². The van der Waals surface area contributed by atoms with E-state index in [1.807, 2.05) is 0 Å². The third-order valence-electron chi connectivity index (χ3n) is 3.87. The molecule has 1 saturated heterocycles. The number of nitrogens with two attached hydrogens (primary N) is 1. The lowest BCUT2D eigenvalue weighted by atomic mass is 10.2. The minimum absolute atomic E-state index is 0.170. The van der Waals surface area contributed by atoms with Gasteiger partial charge in [0.2, 0.25) is 0 Å². The number of nitrogens with zero attached hydrogens (tertiary/aromatic N) is 2. The van der Waals surface area contributed by atoms with E-state index in [2.05, 4.69) is 4.98 Å². The molecule has 9 heteroatoms. The second kappa shape index (κ2) is 6.67. The first-order valence-corrected chi connectivity index (χ1v) is 8.93. The van der Waals surface area contributed by atoms with Crippen molar-refractivity contribution in [1.29, 1.82) is 0 Å².